The summed E-state index contributed by atoms with van der Waals surface area (Å²) in [7, 11) is 0. The second kappa shape index (κ2) is 8.87. The first-order valence-corrected chi connectivity index (χ1v) is 8.42. The summed E-state index contributed by atoms with van der Waals surface area (Å²) in [6, 6.07) is 14.0. The highest BCUT2D eigenvalue weighted by Gasteiger charge is 2.14. The third-order valence-electron chi connectivity index (χ3n) is 3.44. The molecule has 0 saturated heterocycles. The molecule has 0 aliphatic carbocycles. The minimum absolute atomic E-state index is 0.215. The van der Waals surface area contributed by atoms with Gasteiger partial charge in [0, 0.05) is 12.1 Å². The minimum Gasteiger partial charge on any atom is -0.493 e. The van der Waals surface area contributed by atoms with Gasteiger partial charge in [-0.25, -0.2) is 0 Å². The van der Waals surface area contributed by atoms with E-state index in [1.54, 1.807) is 42.5 Å². The van der Waals surface area contributed by atoms with Gasteiger partial charge >= 0.3 is 0 Å². The molecule has 0 fully saturated rings. The lowest BCUT2D eigenvalue weighted by atomic mass is 10.1. The standard InChI is InChI=1S/C20H24N2O3/c1-4-21-20(24)17-10-5-6-11-18(17)22-19(23)15-8-7-9-16(12-15)25-13-14(2)3/h5-12,14H,4,13H2,1-3H3,(H,21,24)(H,22,23). The summed E-state index contributed by atoms with van der Waals surface area (Å²) in [5.41, 5.74) is 1.39. The highest BCUT2D eigenvalue weighted by atomic mass is 16.5. The molecule has 0 aromatic heterocycles. The number of nitrogens with one attached hydrogen (secondary N) is 2. The average Bonchev–Trinajstić information content (AvgIpc) is 2.61. The number of para-hydroxylation sites is 1. The fourth-order valence-electron chi connectivity index (χ4n) is 2.23. The molecule has 132 valence electrons. The van der Waals surface area contributed by atoms with E-state index in [4.69, 9.17) is 4.74 Å². The normalized spacial score (nSPS) is 10.4. The largest absolute Gasteiger partial charge is 0.493 e. The Morgan fingerprint density at radius 1 is 1.04 bits per heavy atom. The van der Waals surface area contributed by atoms with Gasteiger partial charge in [-0.1, -0.05) is 32.0 Å². The summed E-state index contributed by atoms with van der Waals surface area (Å²) in [5, 5.41) is 5.54. The van der Waals surface area contributed by atoms with E-state index in [9.17, 15) is 9.59 Å². The van der Waals surface area contributed by atoms with Crippen molar-refractivity contribution in [1.29, 1.82) is 0 Å². The molecule has 2 rings (SSSR count). The van der Waals surface area contributed by atoms with Crippen LogP contribution in [-0.2, 0) is 0 Å². The maximum Gasteiger partial charge on any atom is 0.255 e. The second-order valence-corrected chi connectivity index (χ2v) is 6.09. The number of benzene rings is 2. The maximum absolute atomic E-state index is 12.5. The summed E-state index contributed by atoms with van der Waals surface area (Å²) in [6.45, 7) is 7.09. The Balaban J connectivity index is 2.15. The van der Waals surface area contributed by atoms with Gasteiger partial charge in [-0.3, -0.25) is 9.59 Å². The van der Waals surface area contributed by atoms with Gasteiger partial charge in [0.15, 0.2) is 0 Å². The predicted molar refractivity (Wildman–Crippen MR) is 99.2 cm³/mol. The predicted octanol–water partition coefficient (Wildman–Crippen LogP) is 3.72. The number of carbonyl (C=O) groups excluding carboxylic acids is 2. The van der Waals surface area contributed by atoms with E-state index in [0.29, 0.717) is 41.6 Å². The third-order valence-corrected chi connectivity index (χ3v) is 3.44. The minimum atomic E-state index is -0.285. The molecule has 0 radical (unpaired) electrons. The number of hydrogen-bond donors (Lipinski definition) is 2. The van der Waals surface area contributed by atoms with Crippen LogP contribution in [0.3, 0.4) is 0 Å². The highest BCUT2D eigenvalue weighted by molar-refractivity contribution is 6.09. The van der Waals surface area contributed by atoms with Crippen LogP contribution in [0.4, 0.5) is 5.69 Å². The molecule has 2 amide bonds. The van der Waals surface area contributed by atoms with Crippen LogP contribution in [0.5, 0.6) is 5.75 Å². The number of amides is 2. The first kappa shape index (κ1) is 18.5. The summed E-state index contributed by atoms with van der Waals surface area (Å²) in [6.07, 6.45) is 0. The Hall–Kier alpha value is -2.82. The van der Waals surface area contributed by atoms with Crippen molar-refractivity contribution in [2.75, 3.05) is 18.5 Å². The van der Waals surface area contributed by atoms with Gasteiger partial charge in [0.1, 0.15) is 5.75 Å². The van der Waals surface area contributed by atoms with E-state index >= 15 is 0 Å². The number of rotatable bonds is 7. The van der Waals surface area contributed by atoms with E-state index in [2.05, 4.69) is 24.5 Å². The Morgan fingerprint density at radius 2 is 1.80 bits per heavy atom. The highest BCUT2D eigenvalue weighted by Crippen LogP contribution is 2.19. The lowest BCUT2D eigenvalue weighted by molar-refractivity contribution is 0.0956. The van der Waals surface area contributed by atoms with Crippen molar-refractivity contribution in [2.24, 2.45) is 5.92 Å². The molecule has 0 aliphatic rings. The Bertz CT molecular complexity index is 741. The summed E-state index contributed by atoms with van der Waals surface area (Å²) >= 11 is 0. The van der Waals surface area contributed by atoms with Crippen LogP contribution in [0, 0.1) is 5.92 Å². The van der Waals surface area contributed by atoms with Crippen LogP contribution in [0.25, 0.3) is 0 Å². The maximum atomic E-state index is 12.5. The van der Waals surface area contributed by atoms with Gasteiger partial charge in [-0.2, -0.15) is 0 Å². The van der Waals surface area contributed by atoms with Gasteiger partial charge in [0.2, 0.25) is 0 Å². The molecule has 0 saturated carbocycles. The summed E-state index contributed by atoms with van der Waals surface area (Å²) < 4.78 is 5.66. The smallest absolute Gasteiger partial charge is 0.255 e. The van der Waals surface area contributed by atoms with Crippen LogP contribution in [0.1, 0.15) is 41.5 Å². The van der Waals surface area contributed by atoms with Gasteiger partial charge in [-0.15, -0.1) is 0 Å². The molecule has 0 heterocycles. The van der Waals surface area contributed by atoms with Crippen LogP contribution in [-0.4, -0.2) is 25.0 Å². The second-order valence-electron chi connectivity index (χ2n) is 6.09. The van der Waals surface area contributed by atoms with Crippen molar-refractivity contribution in [2.45, 2.75) is 20.8 Å². The van der Waals surface area contributed by atoms with Gasteiger partial charge in [0.25, 0.3) is 11.8 Å². The van der Waals surface area contributed by atoms with Crippen molar-refractivity contribution in [3.63, 3.8) is 0 Å². The van der Waals surface area contributed by atoms with Crippen molar-refractivity contribution < 1.29 is 14.3 Å². The quantitative estimate of drug-likeness (QED) is 0.807. The van der Waals surface area contributed by atoms with E-state index in [-0.39, 0.29) is 11.8 Å². The molecule has 5 heteroatoms. The van der Waals surface area contributed by atoms with Crippen LogP contribution in [0.15, 0.2) is 48.5 Å². The molecule has 5 nitrogen and oxygen atoms in total. The fraction of sp³-hybridized carbons (Fsp3) is 0.300. The zero-order valence-electron chi connectivity index (χ0n) is 14.8. The molecule has 25 heavy (non-hydrogen) atoms. The first-order chi connectivity index (χ1) is 12.0. The lowest BCUT2D eigenvalue weighted by Crippen LogP contribution is -2.24. The molecule has 0 unspecified atom stereocenters. The Kier molecular flexibility index (Phi) is 6.57. The zero-order chi connectivity index (χ0) is 18.2. The molecule has 2 aromatic carbocycles. The SMILES string of the molecule is CCNC(=O)c1ccccc1NC(=O)c1cccc(OCC(C)C)c1. The molecule has 0 bridgehead atoms. The molecule has 2 N–H and O–H groups in total. The van der Waals surface area contributed by atoms with Crippen LogP contribution < -0.4 is 15.4 Å². The Labute approximate surface area is 148 Å². The topological polar surface area (TPSA) is 67.4 Å². The molecule has 0 spiro atoms. The number of anilines is 1. The van der Waals surface area contributed by atoms with E-state index < -0.39 is 0 Å². The number of carbonyl (C=O) groups is 2. The van der Waals surface area contributed by atoms with Gasteiger partial charge in [0.05, 0.1) is 17.9 Å². The lowest BCUT2D eigenvalue weighted by Gasteiger charge is -2.12. The van der Waals surface area contributed by atoms with E-state index in [1.165, 1.54) is 0 Å². The first-order valence-electron chi connectivity index (χ1n) is 8.42. The van der Waals surface area contributed by atoms with Crippen LogP contribution in [0.2, 0.25) is 0 Å². The third kappa shape index (κ3) is 5.35. The summed E-state index contributed by atoms with van der Waals surface area (Å²) in [5.74, 6) is 0.555. The van der Waals surface area contributed by atoms with Crippen molar-refractivity contribution in [1.82, 2.24) is 5.32 Å². The molecular formula is C20H24N2O3. The number of ether oxygens (including phenoxy) is 1. The average molecular weight is 340 g/mol. The van der Waals surface area contributed by atoms with Crippen molar-refractivity contribution in [3.05, 3.63) is 59.7 Å². The Morgan fingerprint density at radius 3 is 2.52 bits per heavy atom. The molecule has 0 aliphatic heterocycles. The van der Waals surface area contributed by atoms with Gasteiger partial charge < -0.3 is 15.4 Å². The summed E-state index contributed by atoms with van der Waals surface area (Å²) in [4.78, 5) is 24.6. The fourth-order valence-corrected chi connectivity index (χ4v) is 2.23. The van der Waals surface area contributed by atoms with E-state index in [0.717, 1.165) is 0 Å². The van der Waals surface area contributed by atoms with Gasteiger partial charge in [-0.05, 0) is 43.2 Å². The van der Waals surface area contributed by atoms with Crippen molar-refractivity contribution in [3.8, 4) is 5.75 Å². The molecule has 2 aromatic rings. The monoisotopic (exact) mass is 340 g/mol. The zero-order valence-corrected chi connectivity index (χ0v) is 14.8. The van der Waals surface area contributed by atoms with E-state index in [1.807, 2.05) is 13.0 Å². The van der Waals surface area contributed by atoms with Crippen LogP contribution >= 0.6 is 0 Å². The van der Waals surface area contributed by atoms with Crippen molar-refractivity contribution >= 4 is 17.5 Å². The molecular weight excluding hydrogens is 316 g/mol. The molecule has 0 atom stereocenters. The number of hydrogen-bond acceptors (Lipinski definition) is 3.